The summed E-state index contributed by atoms with van der Waals surface area (Å²) in [5, 5.41) is 0. The van der Waals surface area contributed by atoms with Crippen molar-refractivity contribution in [3.05, 3.63) is 43.0 Å². The van der Waals surface area contributed by atoms with Gasteiger partial charge in [-0.05, 0) is 37.1 Å². The van der Waals surface area contributed by atoms with Gasteiger partial charge in [0, 0.05) is 24.6 Å². The molecule has 0 amide bonds. The van der Waals surface area contributed by atoms with Crippen molar-refractivity contribution in [3.63, 3.8) is 0 Å². The second kappa shape index (κ2) is 5.94. The van der Waals surface area contributed by atoms with Crippen LogP contribution in [0.5, 0.6) is 5.75 Å². The van der Waals surface area contributed by atoms with E-state index in [1.54, 1.807) is 6.20 Å². The van der Waals surface area contributed by atoms with Gasteiger partial charge in [-0.15, -0.1) is 0 Å². The Morgan fingerprint density at radius 2 is 2.00 bits per heavy atom. The predicted molar refractivity (Wildman–Crippen MR) is 67.8 cm³/mol. The third-order valence-electron chi connectivity index (χ3n) is 2.52. The number of hydrogen-bond acceptors (Lipinski definition) is 3. The van der Waals surface area contributed by atoms with Crippen molar-refractivity contribution >= 4 is 5.69 Å². The Morgan fingerprint density at radius 1 is 1.18 bits per heavy atom. The highest BCUT2D eigenvalue weighted by molar-refractivity contribution is 5.41. The number of imidazole rings is 1. The van der Waals surface area contributed by atoms with Crippen LogP contribution in [-0.2, 0) is 6.54 Å². The SMILES string of the molecule is Nc1ccc(OCCCCn2ccnc2)cc1. The van der Waals surface area contributed by atoms with Gasteiger partial charge in [-0.1, -0.05) is 0 Å². The first-order chi connectivity index (χ1) is 8.34. The fourth-order valence-corrected chi connectivity index (χ4v) is 1.57. The van der Waals surface area contributed by atoms with E-state index in [4.69, 9.17) is 10.5 Å². The van der Waals surface area contributed by atoms with Crippen molar-refractivity contribution in [1.29, 1.82) is 0 Å². The van der Waals surface area contributed by atoms with Crippen molar-refractivity contribution in [2.75, 3.05) is 12.3 Å². The summed E-state index contributed by atoms with van der Waals surface area (Å²) in [5.41, 5.74) is 6.35. The van der Waals surface area contributed by atoms with Crippen LogP contribution in [0.2, 0.25) is 0 Å². The van der Waals surface area contributed by atoms with Crippen molar-refractivity contribution < 1.29 is 4.74 Å². The number of nitrogen functional groups attached to an aromatic ring is 1. The summed E-state index contributed by atoms with van der Waals surface area (Å²) in [7, 11) is 0. The summed E-state index contributed by atoms with van der Waals surface area (Å²) in [5.74, 6) is 0.877. The molecular formula is C13H17N3O. The quantitative estimate of drug-likeness (QED) is 0.613. The standard InChI is InChI=1S/C13H17N3O/c14-12-3-5-13(6-4-12)17-10-2-1-8-16-9-7-15-11-16/h3-7,9,11H,1-2,8,10,14H2. The minimum absolute atomic E-state index is 0.735. The minimum Gasteiger partial charge on any atom is -0.494 e. The van der Waals surface area contributed by atoms with Crippen molar-refractivity contribution in [2.45, 2.75) is 19.4 Å². The van der Waals surface area contributed by atoms with Crippen molar-refractivity contribution in [1.82, 2.24) is 9.55 Å². The molecule has 0 aliphatic carbocycles. The lowest BCUT2D eigenvalue weighted by Gasteiger charge is -2.06. The number of aromatic nitrogens is 2. The highest BCUT2D eigenvalue weighted by Gasteiger charge is 1.94. The maximum Gasteiger partial charge on any atom is 0.119 e. The number of aryl methyl sites for hydroxylation is 1. The van der Waals surface area contributed by atoms with Crippen molar-refractivity contribution in [3.8, 4) is 5.75 Å². The van der Waals surface area contributed by atoms with Gasteiger partial charge < -0.3 is 15.0 Å². The maximum absolute atomic E-state index is 5.60. The van der Waals surface area contributed by atoms with E-state index in [0.29, 0.717) is 0 Å². The first-order valence-corrected chi connectivity index (χ1v) is 5.79. The van der Waals surface area contributed by atoms with E-state index < -0.39 is 0 Å². The largest absolute Gasteiger partial charge is 0.494 e. The van der Waals surface area contributed by atoms with E-state index in [2.05, 4.69) is 9.55 Å². The van der Waals surface area contributed by atoms with Gasteiger partial charge in [-0.2, -0.15) is 0 Å². The van der Waals surface area contributed by atoms with Gasteiger partial charge >= 0.3 is 0 Å². The van der Waals surface area contributed by atoms with Gasteiger partial charge in [0.1, 0.15) is 5.75 Å². The van der Waals surface area contributed by atoms with E-state index in [1.165, 1.54) is 0 Å². The van der Waals surface area contributed by atoms with Crippen LogP contribution in [0.15, 0.2) is 43.0 Å². The molecule has 2 N–H and O–H groups in total. The monoisotopic (exact) mass is 231 g/mol. The van der Waals surface area contributed by atoms with Crippen LogP contribution in [0.25, 0.3) is 0 Å². The Balaban J connectivity index is 1.61. The molecule has 0 saturated heterocycles. The summed E-state index contributed by atoms with van der Waals surface area (Å²) in [6.07, 6.45) is 7.72. The molecule has 0 aliphatic rings. The lowest BCUT2D eigenvalue weighted by molar-refractivity contribution is 0.303. The molecular weight excluding hydrogens is 214 g/mol. The molecule has 0 bridgehead atoms. The molecule has 4 heteroatoms. The zero-order valence-electron chi connectivity index (χ0n) is 9.75. The lowest BCUT2D eigenvalue weighted by Crippen LogP contribution is -2.01. The molecule has 90 valence electrons. The Morgan fingerprint density at radius 3 is 2.71 bits per heavy atom. The van der Waals surface area contributed by atoms with E-state index in [0.717, 1.165) is 37.4 Å². The lowest BCUT2D eigenvalue weighted by atomic mass is 10.3. The molecule has 0 saturated carbocycles. The average molecular weight is 231 g/mol. The highest BCUT2D eigenvalue weighted by Crippen LogP contribution is 2.13. The maximum atomic E-state index is 5.60. The summed E-state index contributed by atoms with van der Waals surface area (Å²) in [4.78, 5) is 4.00. The molecule has 1 heterocycles. The molecule has 0 radical (unpaired) electrons. The van der Waals surface area contributed by atoms with Crippen LogP contribution >= 0.6 is 0 Å². The molecule has 4 nitrogen and oxygen atoms in total. The summed E-state index contributed by atoms with van der Waals surface area (Å²) in [6.45, 7) is 1.73. The minimum atomic E-state index is 0.735. The number of nitrogens with two attached hydrogens (primary N) is 1. The van der Waals surface area contributed by atoms with Crippen molar-refractivity contribution in [2.24, 2.45) is 0 Å². The molecule has 0 aliphatic heterocycles. The fraction of sp³-hybridized carbons (Fsp3) is 0.308. The van der Waals surface area contributed by atoms with Crippen LogP contribution in [0, 0.1) is 0 Å². The van der Waals surface area contributed by atoms with Gasteiger partial charge in [0.25, 0.3) is 0 Å². The smallest absolute Gasteiger partial charge is 0.119 e. The van der Waals surface area contributed by atoms with E-state index in [9.17, 15) is 0 Å². The van der Waals surface area contributed by atoms with Crippen LogP contribution in [0.3, 0.4) is 0 Å². The molecule has 0 fully saturated rings. The van der Waals surface area contributed by atoms with Gasteiger partial charge in [-0.3, -0.25) is 0 Å². The Labute approximate surface area is 101 Å². The summed E-state index contributed by atoms with van der Waals surface area (Å²) in [6, 6.07) is 7.48. The number of rotatable bonds is 6. The number of benzene rings is 1. The number of nitrogens with zero attached hydrogens (tertiary/aromatic N) is 2. The molecule has 2 aromatic rings. The van der Waals surface area contributed by atoms with Crippen LogP contribution < -0.4 is 10.5 Å². The number of unbranched alkanes of at least 4 members (excludes halogenated alkanes) is 1. The first kappa shape index (κ1) is 11.5. The predicted octanol–water partition coefficient (Wildman–Crippen LogP) is 2.32. The van der Waals surface area contributed by atoms with E-state index >= 15 is 0 Å². The third kappa shape index (κ3) is 3.83. The van der Waals surface area contributed by atoms with Crippen LogP contribution in [0.4, 0.5) is 5.69 Å². The molecule has 0 unspecified atom stereocenters. The topological polar surface area (TPSA) is 53.1 Å². The number of ether oxygens (including phenoxy) is 1. The fourth-order valence-electron chi connectivity index (χ4n) is 1.57. The Hall–Kier alpha value is -1.97. The Kier molecular flexibility index (Phi) is 4.02. The zero-order chi connectivity index (χ0) is 11.9. The molecule has 17 heavy (non-hydrogen) atoms. The second-order valence-electron chi connectivity index (χ2n) is 3.93. The molecule has 2 rings (SSSR count). The summed E-state index contributed by atoms with van der Waals surface area (Å²) >= 11 is 0. The third-order valence-corrected chi connectivity index (χ3v) is 2.52. The van der Waals surface area contributed by atoms with Crippen LogP contribution in [0.1, 0.15) is 12.8 Å². The van der Waals surface area contributed by atoms with Gasteiger partial charge in [0.15, 0.2) is 0 Å². The average Bonchev–Trinajstić information content (AvgIpc) is 2.84. The summed E-state index contributed by atoms with van der Waals surface area (Å²) < 4.78 is 7.67. The number of anilines is 1. The van der Waals surface area contributed by atoms with E-state index in [-0.39, 0.29) is 0 Å². The van der Waals surface area contributed by atoms with E-state index in [1.807, 2.05) is 36.8 Å². The number of hydrogen-bond donors (Lipinski definition) is 1. The molecule has 1 aromatic carbocycles. The second-order valence-corrected chi connectivity index (χ2v) is 3.93. The zero-order valence-corrected chi connectivity index (χ0v) is 9.75. The molecule has 0 spiro atoms. The molecule has 1 aromatic heterocycles. The first-order valence-electron chi connectivity index (χ1n) is 5.79. The van der Waals surface area contributed by atoms with Gasteiger partial charge in [-0.25, -0.2) is 4.98 Å². The highest BCUT2D eigenvalue weighted by atomic mass is 16.5. The van der Waals surface area contributed by atoms with Gasteiger partial charge in [0.2, 0.25) is 0 Å². The van der Waals surface area contributed by atoms with Gasteiger partial charge in [0.05, 0.1) is 12.9 Å². The molecule has 0 atom stereocenters. The Bertz CT molecular complexity index is 422. The van der Waals surface area contributed by atoms with Crippen LogP contribution in [-0.4, -0.2) is 16.2 Å². The normalized spacial score (nSPS) is 10.4.